The van der Waals surface area contributed by atoms with Crippen molar-refractivity contribution >= 4 is 0 Å². The topological polar surface area (TPSA) is 25.8 Å². The second kappa shape index (κ2) is 9.10. The Morgan fingerprint density at radius 2 is 0.923 bits per heavy atom. The van der Waals surface area contributed by atoms with Gasteiger partial charge in [-0.05, 0) is 34.4 Å². The fourth-order valence-corrected chi connectivity index (χ4v) is 5.26. The van der Waals surface area contributed by atoms with Crippen molar-refractivity contribution in [2.45, 2.75) is 5.92 Å². The standard InChI is InChI=1S/C35H22F2N2/c36-35(37)30-14-8-7-13-28(30)29-20-19-27(21-31(29)35)23-15-17-26(18-16-23)34-38-32(24-9-3-1-4-10-24)22-33(39-34)25-11-5-2-6-12-25/h1-22H. The van der Waals surface area contributed by atoms with Crippen LogP contribution in [0.2, 0.25) is 0 Å². The Balaban J connectivity index is 1.28. The van der Waals surface area contributed by atoms with E-state index in [-0.39, 0.29) is 11.1 Å². The minimum atomic E-state index is -3.01. The summed E-state index contributed by atoms with van der Waals surface area (Å²) in [5.41, 5.74) is 7.46. The van der Waals surface area contributed by atoms with Crippen LogP contribution in [0.3, 0.4) is 0 Å². The second-order valence-electron chi connectivity index (χ2n) is 9.65. The molecule has 4 heteroatoms. The molecule has 1 heterocycles. The smallest absolute Gasteiger partial charge is 0.228 e. The SMILES string of the molecule is FC1(F)c2ccccc2-c2ccc(-c3ccc(-c4nc(-c5ccccc5)cc(-c5ccccc5)n4)cc3)cc21. The maximum Gasteiger partial charge on any atom is 0.299 e. The normalized spacial score (nSPS) is 13.1. The Kier molecular flexibility index (Phi) is 5.41. The van der Waals surface area contributed by atoms with E-state index in [1.165, 1.54) is 6.07 Å². The molecule has 0 aliphatic heterocycles. The average Bonchev–Trinajstić information content (AvgIpc) is 3.24. The summed E-state index contributed by atoms with van der Waals surface area (Å²) in [5, 5.41) is 0. The Hall–Kier alpha value is -4.96. The lowest BCUT2D eigenvalue weighted by Crippen LogP contribution is -2.10. The molecule has 0 saturated carbocycles. The molecule has 39 heavy (non-hydrogen) atoms. The van der Waals surface area contributed by atoms with E-state index in [9.17, 15) is 0 Å². The van der Waals surface area contributed by atoms with Gasteiger partial charge in [-0.25, -0.2) is 9.97 Å². The first kappa shape index (κ1) is 23.2. The highest BCUT2D eigenvalue weighted by molar-refractivity contribution is 5.83. The van der Waals surface area contributed by atoms with Crippen LogP contribution in [0, 0.1) is 0 Å². The molecule has 1 aliphatic carbocycles. The molecule has 1 aliphatic rings. The molecule has 0 saturated heterocycles. The molecule has 1 aromatic heterocycles. The van der Waals surface area contributed by atoms with Crippen LogP contribution in [0.15, 0.2) is 133 Å². The Labute approximate surface area is 225 Å². The number of rotatable bonds is 4. The first-order valence-corrected chi connectivity index (χ1v) is 12.8. The third kappa shape index (κ3) is 4.02. The lowest BCUT2D eigenvalue weighted by Gasteiger charge is -2.13. The summed E-state index contributed by atoms with van der Waals surface area (Å²) in [5.74, 6) is -2.40. The Morgan fingerprint density at radius 1 is 0.410 bits per heavy atom. The van der Waals surface area contributed by atoms with E-state index in [2.05, 4.69) is 0 Å². The maximum atomic E-state index is 15.3. The highest BCUT2D eigenvalue weighted by Gasteiger charge is 2.44. The third-order valence-corrected chi connectivity index (χ3v) is 7.26. The van der Waals surface area contributed by atoms with Crippen LogP contribution in [0.1, 0.15) is 11.1 Å². The summed E-state index contributed by atoms with van der Waals surface area (Å²) in [4.78, 5) is 9.76. The molecule has 0 bridgehead atoms. The summed E-state index contributed by atoms with van der Waals surface area (Å²) in [6.45, 7) is 0. The fraction of sp³-hybridized carbons (Fsp3) is 0.0286. The summed E-state index contributed by atoms with van der Waals surface area (Å²) in [7, 11) is 0. The minimum absolute atomic E-state index is 0.0525. The molecule has 7 rings (SSSR count). The van der Waals surface area contributed by atoms with Crippen molar-refractivity contribution < 1.29 is 8.78 Å². The zero-order valence-electron chi connectivity index (χ0n) is 20.9. The van der Waals surface area contributed by atoms with Crippen molar-refractivity contribution in [3.8, 4) is 56.2 Å². The van der Waals surface area contributed by atoms with Gasteiger partial charge in [0.05, 0.1) is 11.4 Å². The van der Waals surface area contributed by atoms with E-state index in [0.717, 1.165) is 39.2 Å². The summed E-state index contributed by atoms with van der Waals surface area (Å²) < 4.78 is 30.5. The number of hydrogen-bond donors (Lipinski definition) is 0. The van der Waals surface area contributed by atoms with Gasteiger partial charge in [-0.1, -0.05) is 121 Å². The molecule has 0 spiro atoms. The second-order valence-corrected chi connectivity index (χ2v) is 9.65. The molecule has 0 fully saturated rings. The number of benzene rings is 5. The predicted octanol–water partition coefficient (Wildman–Crippen LogP) is 9.27. The van der Waals surface area contributed by atoms with Crippen LogP contribution in [0.25, 0.3) is 56.2 Å². The van der Waals surface area contributed by atoms with Gasteiger partial charge in [0.1, 0.15) is 0 Å². The minimum Gasteiger partial charge on any atom is -0.228 e. The van der Waals surface area contributed by atoms with E-state index in [1.54, 1.807) is 30.3 Å². The molecule has 0 atom stereocenters. The maximum absolute atomic E-state index is 15.3. The van der Waals surface area contributed by atoms with Crippen molar-refractivity contribution in [3.05, 3.63) is 145 Å². The number of fused-ring (bicyclic) bond motifs is 3. The zero-order valence-corrected chi connectivity index (χ0v) is 20.9. The van der Waals surface area contributed by atoms with Gasteiger partial charge in [0.15, 0.2) is 5.82 Å². The van der Waals surface area contributed by atoms with Gasteiger partial charge in [-0.3, -0.25) is 0 Å². The Bertz CT molecular complexity index is 1750. The van der Waals surface area contributed by atoms with Crippen LogP contribution in [-0.4, -0.2) is 9.97 Å². The molecule has 0 N–H and O–H groups in total. The molecule has 2 nitrogen and oxygen atoms in total. The number of nitrogens with zero attached hydrogens (tertiary/aromatic N) is 2. The van der Waals surface area contributed by atoms with Crippen LogP contribution >= 0.6 is 0 Å². The number of hydrogen-bond acceptors (Lipinski definition) is 2. The van der Waals surface area contributed by atoms with Gasteiger partial charge < -0.3 is 0 Å². The Morgan fingerprint density at radius 3 is 1.56 bits per heavy atom. The van der Waals surface area contributed by atoms with E-state index in [1.807, 2.05) is 97.1 Å². The van der Waals surface area contributed by atoms with Crippen LogP contribution in [0.5, 0.6) is 0 Å². The molecular formula is C35H22F2N2. The molecule has 0 radical (unpaired) electrons. The molecule has 0 unspecified atom stereocenters. The van der Waals surface area contributed by atoms with Crippen molar-refractivity contribution in [1.29, 1.82) is 0 Å². The highest BCUT2D eigenvalue weighted by Crippen LogP contribution is 2.51. The van der Waals surface area contributed by atoms with Crippen molar-refractivity contribution in [3.63, 3.8) is 0 Å². The summed E-state index contributed by atoms with van der Waals surface area (Å²) >= 11 is 0. The van der Waals surface area contributed by atoms with Crippen LogP contribution in [0.4, 0.5) is 8.78 Å². The predicted molar refractivity (Wildman–Crippen MR) is 152 cm³/mol. The van der Waals surface area contributed by atoms with Crippen molar-refractivity contribution in [1.82, 2.24) is 9.97 Å². The van der Waals surface area contributed by atoms with Gasteiger partial charge in [0.25, 0.3) is 5.92 Å². The van der Waals surface area contributed by atoms with Crippen LogP contribution in [-0.2, 0) is 5.92 Å². The molecule has 186 valence electrons. The first-order valence-electron chi connectivity index (χ1n) is 12.8. The van der Waals surface area contributed by atoms with Crippen molar-refractivity contribution in [2.75, 3.05) is 0 Å². The molecule has 5 aromatic carbocycles. The van der Waals surface area contributed by atoms with E-state index >= 15 is 8.78 Å². The number of aromatic nitrogens is 2. The molecular weight excluding hydrogens is 486 g/mol. The van der Waals surface area contributed by atoms with Gasteiger partial charge in [-0.2, -0.15) is 8.78 Å². The first-order chi connectivity index (χ1) is 19.1. The summed E-state index contributed by atoms with van der Waals surface area (Å²) in [6.07, 6.45) is 0. The van der Waals surface area contributed by atoms with Gasteiger partial charge in [-0.15, -0.1) is 0 Å². The number of halogens is 2. The molecule has 6 aromatic rings. The highest BCUT2D eigenvalue weighted by atomic mass is 19.3. The zero-order chi connectivity index (χ0) is 26.4. The van der Waals surface area contributed by atoms with Crippen LogP contribution < -0.4 is 0 Å². The monoisotopic (exact) mass is 508 g/mol. The van der Waals surface area contributed by atoms with Crippen molar-refractivity contribution in [2.24, 2.45) is 0 Å². The molecule has 0 amide bonds. The summed E-state index contributed by atoms with van der Waals surface area (Å²) in [6, 6.07) is 41.9. The van der Waals surface area contributed by atoms with E-state index in [4.69, 9.17) is 9.97 Å². The van der Waals surface area contributed by atoms with Gasteiger partial charge in [0.2, 0.25) is 0 Å². The van der Waals surface area contributed by atoms with Gasteiger partial charge in [0, 0.05) is 27.8 Å². The third-order valence-electron chi connectivity index (χ3n) is 7.26. The van der Waals surface area contributed by atoms with E-state index < -0.39 is 5.92 Å². The van der Waals surface area contributed by atoms with Gasteiger partial charge >= 0.3 is 0 Å². The average molecular weight is 509 g/mol. The number of alkyl halides is 2. The fourth-order valence-electron chi connectivity index (χ4n) is 5.26. The lowest BCUT2D eigenvalue weighted by atomic mass is 9.97. The van der Waals surface area contributed by atoms with E-state index in [0.29, 0.717) is 17.0 Å². The largest absolute Gasteiger partial charge is 0.299 e. The quantitative estimate of drug-likeness (QED) is 0.237. The lowest BCUT2D eigenvalue weighted by molar-refractivity contribution is 0.0480.